The van der Waals surface area contributed by atoms with E-state index in [-0.39, 0.29) is 17.0 Å². The molecule has 39 heavy (non-hydrogen) atoms. The molecule has 1 aromatic carbocycles. The van der Waals surface area contributed by atoms with E-state index in [1.54, 1.807) is 0 Å². The first-order valence-corrected chi connectivity index (χ1v) is 16.2. The second-order valence-corrected chi connectivity index (χ2v) is 12.1. The maximum absolute atomic E-state index is 13.3. The molecule has 0 unspecified atom stereocenters. The lowest BCUT2D eigenvalue weighted by molar-refractivity contribution is -0.194. The number of hydrogen-bond acceptors (Lipinski definition) is 4. The van der Waals surface area contributed by atoms with Crippen molar-refractivity contribution in [3.05, 3.63) is 29.8 Å². The van der Waals surface area contributed by atoms with E-state index in [0.29, 0.717) is 24.0 Å². The lowest BCUT2D eigenvalue weighted by Crippen LogP contribution is -2.54. The molecular formula is C35H63NO3. The summed E-state index contributed by atoms with van der Waals surface area (Å²) in [5.41, 5.74) is 0.866. The van der Waals surface area contributed by atoms with Crippen LogP contribution in [0.1, 0.15) is 143 Å². The van der Waals surface area contributed by atoms with Gasteiger partial charge in [0.25, 0.3) is 0 Å². The highest BCUT2D eigenvalue weighted by molar-refractivity contribution is 5.90. The molecule has 0 saturated carbocycles. The van der Waals surface area contributed by atoms with Crippen LogP contribution in [-0.4, -0.2) is 37.9 Å². The minimum Gasteiger partial charge on any atom is -0.453 e. The molecule has 0 spiro atoms. The largest absolute Gasteiger partial charge is 0.453 e. The van der Waals surface area contributed by atoms with Gasteiger partial charge in [-0.3, -0.25) is 0 Å². The van der Waals surface area contributed by atoms with Crippen LogP contribution >= 0.6 is 0 Å². The number of hydrogen-bond donors (Lipinski definition) is 0. The van der Waals surface area contributed by atoms with Crippen molar-refractivity contribution in [1.82, 2.24) is 0 Å². The van der Waals surface area contributed by atoms with E-state index in [2.05, 4.69) is 62.3 Å². The Morgan fingerprint density at radius 3 is 1.51 bits per heavy atom. The van der Waals surface area contributed by atoms with Crippen LogP contribution in [0.15, 0.2) is 24.3 Å². The summed E-state index contributed by atoms with van der Waals surface area (Å²) in [5.74, 6) is 1.14. The van der Waals surface area contributed by atoms with E-state index in [4.69, 9.17) is 9.47 Å². The van der Waals surface area contributed by atoms with Crippen LogP contribution in [0.4, 0.5) is 5.69 Å². The monoisotopic (exact) mass is 545 g/mol. The van der Waals surface area contributed by atoms with Gasteiger partial charge in [-0.2, -0.15) is 0 Å². The Kier molecular flexibility index (Phi) is 15.1. The third-order valence-electron chi connectivity index (χ3n) is 10.3. The molecule has 0 aliphatic heterocycles. The van der Waals surface area contributed by atoms with Crippen LogP contribution in [0, 0.1) is 17.3 Å². The van der Waals surface area contributed by atoms with Crippen molar-refractivity contribution < 1.29 is 14.3 Å². The Morgan fingerprint density at radius 1 is 0.718 bits per heavy atom. The van der Waals surface area contributed by atoms with Crippen molar-refractivity contribution in [3.63, 3.8) is 0 Å². The molecule has 0 heterocycles. The van der Waals surface area contributed by atoms with Crippen molar-refractivity contribution in [1.29, 1.82) is 0 Å². The van der Waals surface area contributed by atoms with Gasteiger partial charge in [0.15, 0.2) is 0 Å². The highest BCUT2D eigenvalue weighted by Gasteiger charge is 2.51. The first kappa shape index (κ1) is 35.5. The Bertz CT molecular complexity index is 786. The van der Waals surface area contributed by atoms with Gasteiger partial charge < -0.3 is 14.4 Å². The fourth-order valence-electron chi connectivity index (χ4n) is 6.73. The maximum Gasteiger partial charge on any atom is 0.338 e. The molecule has 0 atom stereocenters. The summed E-state index contributed by atoms with van der Waals surface area (Å²) in [6, 6.07) is 7.67. The molecule has 0 amide bonds. The normalized spacial score (nSPS) is 12.8. The molecule has 0 radical (unpaired) electrons. The average Bonchev–Trinajstić information content (AvgIpc) is 2.97. The smallest absolute Gasteiger partial charge is 0.338 e. The zero-order valence-electron chi connectivity index (χ0n) is 27.6. The highest BCUT2D eigenvalue weighted by Crippen LogP contribution is 2.53. The fourth-order valence-corrected chi connectivity index (χ4v) is 6.73. The second kappa shape index (κ2) is 16.7. The van der Waals surface area contributed by atoms with Gasteiger partial charge in [-0.05, 0) is 86.5 Å². The van der Waals surface area contributed by atoms with E-state index in [9.17, 15) is 4.79 Å². The summed E-state index contributed by atoms with van der Waals surface area (Å²) in [6.07, 6.45) is 11.8. The number of ether oxygens (including phenoxy) is 2. The molecule has 0 N–H and O–H groups in total. The molecule has 0 aromatic heterocycles. The van der Waals surface area contributed by atoms with Crippen molar-refractivity contribution in [2.45, 2.75) is 144 Å². The molecule has 0 fully saturated rings. The Hall–Kier alpha value is -1.55. The van der Waals surface area contributed by atoms with Crippen LogP contribution in [0.2, 0.25) is 0 Å². The molecule has 4 nitrogen and oxygen atoms in total. The molecule has 226 valence electrons. The summed E-state index contributed by atoms with van der Waals surface area (Å²) in [6.45, 7) is 21.1. The quantitative estimate of drug-likeness (QED) is 0.153. The zero-order chi connectivity index (χ0) is 29.7. The Morgan fingerprint density at radius 2 is 1.18 bits per heavy atom. The summed E-state index contributed by atoms with van der Waals surface area (Å²) in [7, 11) is 4.00. The van der Waals surface area contributed by atoms with Crippen molar-refractivity contribution in [2.75, 3.05) is 25.6 Å². The Balaban J connectivity index is 3.40. The maximum atomic E-state index is 13.3. The van der Waals surface area contributed by atoms with Gasteiger partial charge in [-0.15, -0.1) is 0 Å². The molecule has 0 saturated heterocycles. The first-order chi connectivity index (χ1) is 18.5. The second-order valence-electron chi connectivity index (χ2n) is 12.1. The molecule has 0 bridgehead atoms. The van der Waals surface area contributed by atoms with E-state index in [1.807, 2.05) is 43.3 Å². The number of anilines is 1. The number of carbonyl (C=O) groups is 1. The van der Waals surface area contributed by atoms with E-state index in [0.717, 1.165) is 37.8 Å². The van der Waals surface area contributed by atoms with Gasteiger partial charge in [0.2, 0.25) is 0 Å². The van der Waals surface area contributed by atoms with Crippen LogP contribution in [0.3, 0.4) is 0 Å². The van der Waals surface area contributed by atoms with Crippen LogP contribution < -0.4 is 4.90 Å². The molecule has 0 aliphatic carbocycles. The SMILES string of the molecule is CCC(CC)CC(CC)(CC(CC)CC)C(CC)(CC)OCC(CC)(CC)OC(=O)c1ccc(N(C)C)cc1. The van der Waals surface area contributed by atoms with Crippen molar-refractivity contribution in [3.8, 4) is 0 Å². The molecule has 1 rings (SSSR count). The molecular weight excluding hydrogens is 482 g/mol. The van der Waals surface area contributed by atoms with E-state index < -0.39 is 5.60 Å². The Labute approximate surface area is 242 Å². The number of carbonyl (C=O) groups excluding carboxylic acids is 1. The third kappa shape index (κ3) is 8.72. The molecule has 0 aliphatic rings. The zero-order valence-corrected chi connectivity index (χ0v) is 27.6. The van der Waals surface area contributed by atoms with Crippen molar-refractivity contribution >= 4 is 11.7 Å². The number of rotatable bonds is 20. The number of esters is 1. The highest BCUT2D eigenvalue weighted by atomic mass is 16.6. The lowest BCUT2D eigenvalue weighted by atomic mass is 9.58. The average molecular weight is 546 g/mol. The van der Waals surface area contributed by atoms with Gasteiger partial charge in [-0.1, -0.05) is 88.0 Å². The standard InChI is InChI=1S/C35H63NO3/c1-12-28(13-2)25-33(16-5,26-29(14-3)15-4)35(19-8,20-9)38-27-34(17-6,18-7)39-32(37)30-21-23-31(24-22-30)36(10)11/h21-24,28-29H,12-20,25-27H2,1-11H3. The van der Waals surface area contributed by atoms with Gasteiger partial charge in [0, 0.05) is 19.8 Å². The first-order valence-electron chi connectivity index (χ1n) is 16.2. The summed E-state index contributed by atoms with van der Waals surface area (Å²) < 4.78 is 13.5. The number of benzene rings is 1. The lowest BCUT2D eigenvalue weighted by Gasteiger charge is -2.54. The molecule has 1 aromatic rings. The van der Waals surface area contributed by atoms with Crippen LogP contribution in [0.25, 0.3) is 0 Å². The third-order valence-corrected chi connectivity index (χ3v) is 10.3. The summed E-state index contributed by atoms with van der Waals surface area (Å²) in [5, 5.41) is 0. The van der Waals surface area contributed by atoms with Crippen LogP contribution in [-0.2, 0) is 9.47 Å². The predicted octanol–water partition coefficient (Wildman–Crippen LogP) is 10.1. The minimum absolute atomic E-state index is 0.100. The topological polar surface area (TPSA) is 38.8 Å². The van der Waals surface area contributed by atoms with Gasteiger partial charge in [0.1, 0.15) is 5.60 Å². The molecule has 4 heteroatoms. The van der Waals surface area contributed by atoms with Crippen molar-refractivity contribution in [2.24, 2.45) is 17.3 Å². The van der Waals surface area contributed by atoms with E-state index >= 15 is 0 Å². The fraction of sp³-hybridized carbons (Fsp3) is 0.800. The summed E-state index contributed by atoms with van der Waals surface area (Å²) in [4.78, 5) is 15.4. The van der Waals surface area contributed by atoms with Gasteiger partial charge in [0.05, 0.1) is 17.8 Å². The van der Waals surface area contributed by atoms with E-state index in [1.165, 1.54) is 38.5 Å². The van der Waals surface area contributed by atoms with Crippen LogP contribution in [0.5, 0.6) is 0 Å². The minimum atomic E-state index is -0.643. The van der Waals surface area contributed by atoms with Gasteiger partial charge >= 0.3 is 5.97 Å². The van der Waals surface area contributed by atoms with Gasteiger partial charge in [-0.25, -0.2) is 4.79 Å². The summed E-state index contributed by atoms with van der Waals surface area (Å²) >= 11 is 0. The number of nitrogens with zero attached hydrogens (tertiary/aromatic N) is 1. The predicted molar refractivity (Wildman–Crippen MR) is 169 cm³/mol.